The van der Waals surface area contributed by atoms with Crippen molar-refractivity contribution in [3.63, 3.8) is 0 Å². The van der Waals surface area contributed by atoms with Crippen LogP contribution < -0.4 is 0 Å². The summed E-state index contributed by atoms with van der Waals surface area (Å²) < 4.78 is 0. The summed E-state index contributed by atoms with van der Waals surface area (Å²) in [6.45, 7) is 6.56. The van der Waals surface area contributed by atoms with Gasteiger partial charge >= 0.3 is 0 Å². The molecule has 68 valence electrons. The zero-order valence-corrected chi connectivity index (χ0v) is 8.20. The van der Waals surface area contributed by atoms with Gasteiger partial charge in [-0.05, 0) is 32.9 Å². The van der Waals surface area contributed by atoms with Crippen molar-refractivity contribution in [2.24, 2.45) is 9.98 Å². The standard InChI is InChI=1S/C10H13N3/c1-4-11-7-12-10-5-8(2)13-9(3)6-10/h5-6H,4H2,1-3H3. The highest BCUT2D eigenvalue weighted by Crippen LogP contribution is 2.12. The summed E-state index contributed by atoms with van der Waals surface area (Å²) in [6.07, 6.45) is 0. The van der Waals surface area contributed by atoms with E-state index in [2.05, 4.69) is 21.0 Å². The smallest absolute Gasteiger partial charge is 0.0948 e. The Kier molecular flexibility index (Phi) is 3.35. The maximum absolute atomic E-state index is 4.24. The highest BCUT2D eigenvalue weighted by Gasteiger charge is 1.93. The molecule has 0 saturated heterocycles. The fourth-order valence-electron chi connectivity index (χ4n) is 1.04. The van der Waals surface area contributed by atoms with Crippen LogP contribution in [0.3, 0.4) is 0 Å². The first-order valence-corrected chi connectivity index (χ1v) is 4.30. The Morgan fingerprint density at radius 3 is 2.46 bits per heavy atom. The molecule has 3 nitrogen and oxygen atoms in total. The van der Waals surface area contributed by atoms with Gasteiger partial charge in [0, 0.05) is 17.9 Å². The lowest BCUT2D eigenvalue weighted by atomic mass is 10.3. The van der Waals surface area contributed by atoms with Gasteiger partial charge in [0.25, 0.3) is 0 Å². The topological polar surface area (TPSA) is 37.6 Å². The molecule has 0 atom stereocenters. The van der Waals surface area contributed by atoms with E-state index in [0.717, 1.165) is 17.1 Å². The van der Waals surface area contributed by atoms with Crippen LogP contribution in [0.1, 0.15) is 18.3 Å². The molecule has 3 heteroatoms. The van der Waals surface area contributed by atoms with Gasteiger partial charge in [-0.1, -0.05) is 0 Å². The largest absolute Gasteiger partial charge is 0.258 e. The fourth-order valence-corrected chi connectivity index (χ4v) is 1.04. The van der Waals surface area contributed by atoms with E-state index in [-0.39, 0.29) is 0 Å². The van der Waals surface area contributed by atoms with Crippen molar-refractivity contribution >= 4 is 11.7 Å². The van der Waals surface area contributed by atoms with Crippen LogP contribution in [0.4, 0.5) is 5.69 Å². The second-order valence-electron chi connectivity index (χ2n) is 2.79. The molecule has 1 aromatic heterocycles. The van der Waals surface area contributed by atoms with Gasteiger partial charge in [0.15, 0.2) is 0 Å². The molecule has 1 rings (SSSR count). The Labute approximate surface area is 78.3 Å². The number of aryl methyl sites for hydroxylation is 2. The molecule has 0 aliphatic rings. The molecule has 0 bridgehead atoms. The van der Waals surface area contributed by atoms with Gasteiger partial charge in [0.1, 0.15) is 0 Å². The van der Waals surface area contributed by atoms with Gasteiger partial charge in [-0.2, -0.15) is 4.99 Å². The lowest BCUT2D eigenvalue weighted by molar-refractivity contribution is 1.12. The molecule has 0 unspecified atom stereocenters. The molecule has 0 fully saturated rings. The average molecular weight is 175 g/mol. The van der Waals surface area contributed by atoms with Crippen LogP contribution in [0.2, 0.25) is 0 Å². The Morgan fingerprint density at radius 1 is 1.31 bits per heavy atom. The van der Waals surface area contributed by atoms with Crippen molar-refractivity contribution in [3.05, 3.63) is 23.5 Å². The van der Waals surface area contributed by atoms with Gasteiger partial charge < -0.3 is 0 Å². The summed E-state index contributed by atoms with van der Waals surface area (Å²) >= 11 is 0. The fraction of sp³-hybridized carbons (Fsp3) is 0.400. The lowest BCUT2D eigenvalue weighted by Crippen LogP contribution is -1.83. The summed E-state index contributed by atoms with van der Waals surface area (Å²) in [5.41, 5.74) is 2.80. The molecule has 0 aliphatic carbocycles. The Balaban J connectivity index is 2.95. The number of hydrogen-bond acceptors (Lipinski definition) is 3. The van der Waals surface area contributed by atoms with E-state index in [1.165, 1.54) is 0 Å². The van der Waals surface area contributed by atoms with Crippen molar-refractivity contribution in [1.82, 2.24) is 4.98 Å². The molecule has 1 aromatic rings. The monoisotopic (exact) mass is 175 g/mol. The average Bonchev–Trinajstić information content (AvgIpc) is 2.03. The number of aliphatic imine (C=N–C) groups is 2. The highest BCUT2D eigenvalue weighted by molar-refractivity contribution is 5.52. The number of hydrogen-bond donors (Lipinski definition) is 0. The predicted octanol–water partition coefficient (Wildman–Crippen LogP) is 2.52. The summed E-state index contributed by atoms with van der Waals surface area (Å²) in [5, 5.41) is 0. The number of nitrogens with zero attached hydrogens (tertiary/aromatic N) is 3. The molecular weight excluding hydrogens is 162 g/mol. The molecule has 1 heterocycles. The molecule has 13 heavy (non-hydrogen) atoms. The van der Waals surface area contributed by atoms with Crippen molar-refractivity contribution in [2.45, 2.75) is 20.8 Å². The summed E-state index contributed by atoms with van der Waals surface area (Å²) in [5.74, 6) is 0. The predicted molar refractivity (Wildman–Crippen MR) is 53.8 cm³/mol. The maximum Gasteiger partial charge on any atom is 0.0948 e. The van der Waals surface area contributed by atoms with E-state index in [0.29, 0.717) is 6.54 Å². The van der Waals surface area contributed by atoms with Crippen LogP contribution >= 0.6 is 0 Å². The second-order valence-corrected chi connectivity index (χ2v) is 2.79. The molecule has 0 saturated carbocycles. The van der Waals surface area contributed by atoms with E-state index in [9.17, 15) is 0 Å². The van der Waals surface area contributed by atoms with Crippen molar-refractivity contribution in [2.75, 3.05) is 6.54 Å². The van der Waals surface area contributed by atoms with Crippen LogP contribution in [-0.4, -0.2) is 17.5 Å². The van der Waals surface area contributed by atoms with Crippen molar-refractivity contribution in [3.8, 4) is 0 Å². The first-order chi connectivity index (χ1) is 6.22. The maximum atomic E-state index is 4.24. The normalized spacial score (nSPS) is 9.15. The molecule has 0 aromatic carbocycles. The van der Waals surface area contributed by atoms with Crippen molar-refractivity contribution in [1.29, 1.82) is 0 Å². The van der Waals surface area contributed by atoms with Gasteiger partial charge in [0.05, 0.1) is 11.7 Å². The zero-order chi connectivity index (χ0) is 9.68. The molecule has 0 amide bonds. The first-order valence-electron chi connectivity index (χ1n) is 4.30. The third-order valence-electron chi connectivity index (χ3n) is 1.47. The quantitative estimate of drug-likeness (QED) is 0.636. The van der Waals surface area contributed by atoms with Crippen LogP contribution in [-0.2, 0) is 0 Å². The van der Waals surface area contributed by atoms with Crippen LogP contribution in [0, 0.1) is 13.8 Å². The SMILES string of the molecule is CCN=C=Nc1cc(C)nc(C)c1. The van der Waals surface area contributed by atoms with Crippen molar-refractivity contribution < 1.29 is 0 Å². The molecule has 0 aliphatic heterocycles. The van der Waals surface area contributed by atoms with Gasteiger partial charge in [0.2, 0.25) is 0 Å². The number of aromatic nitrogens is 1. The highest BCUT2D eigenvalue weighted by atomic mass is 14.8. The van der Waals surface area contributed by atoms with E-state index in [1.807, 2.05) is 32.9 Å². The molecule has 0 N–H and O–H groups in total. The molecular formula is C10H13N3. The summed E-state index contributed by atoms with van der Waals surface area (Å²) in [4.78, 5) is 12.2. The minimum absolute atomic E-state index is 0.715. The third kappa shape index (κ3) is 3.18. The van der Waals surface area contributed by atoms with E-state index < -0.39 is 0 Å². The van der Waals surface area contributed by atoms with Crippen LogP contribution in [0.25, 0.3) is 0 Å². The van der Waals surface area contributed by atoms with Gasteiger partial charge in [-0.25, -0.2) is 4.99 Å². The Bertz CT molecular complexity index is 329. The number of pyridine rings is 1. The van der Waals surface area contributed by atoms with Gasteiger partial charge in [-0.3, -0.25) is 4.98 Å². The van der Waals surface area contributed by atoms with E-state index in [1.54, 1.807) is 0 Å². The third-order valence-corrected chi connectivity index (χ3v) is 1.47. The van der Waals surface area contributed by atoms with Crippen LogP contribution in [0.15, 0.2) is 22.1 Å². The molecule has 0 radical (unpaired) electrons. The Morgan fingerprint density at radius 2 is 1.92 bits per heavy atom. The zero-order valence-electron chi connectivity index (χ0n) is 8.20. The lowest BCUT2D eigenvalue weighted by Gasteiger charge is -1.96. The Hall–Kier alpha value is -1.47. The summed E-state index contributed by atoms with van der Waals surface area (Å²) in [7, 11) is 0. The summed E-state index contributed by atoms with van der Waals surface area (Å²) in [6, 6.07) is 6.44. The minimum Gasteiger partial charge on any atom is -0.258 e. The van der Waals surface area contributed by atoms with Crippen LogP contribution in [0.5, 0.6) is 0 Å². The minimum atomic E-state index is 0.715. The van der Waals surface area contributed by atoms with Gasteiger partial charge in [-0.15, -0.1) is 0 Å². The van der Waals surface area contributed by atoms with E-state index in [4.69, 9.17) is 0 Å². The second kappa shape index (κ2) is 4.53. The van der Waals surface area contributed by atoms with E-state index >= 15 is 0 Å². The number of rotatable bonds is 2. The first kappa shape index (κ1) is 9.62. The molecule has 0 spiro atoms.